The van der Waals surface area contributed by atoms with Gasteiger partial charge in [-0.2, -0.15) is 0 Å². The van der Waals surface area contributed by atoms with E-state index < -0.39 is 0 Å². The molecule has 1 aliphatic carbocycles. The number of aromatic nitrogens is 3. The highest BCUT2D eigenvalue weighted by Crippen LogP contribution is 2.37. The number of hydrogen-bond donors (Lipinski definition) is 1. The maximum atomic E-state index is 9.72. The van der Waals surface area contributed by atoms with E-state index >= 15 is 0 Å². The molecule has 1 aromatic heterocycles. The summed E-state index contributed by atoms with van der Waals surface area (Å²) in [5.41, 5.74) is 0. The summed E-state index contributed by atoms with van der Waals surface area (Å²) in [6.45, 7) is 0.991. The summed E-state index contributed by atoms with van der Waals surface area (Å²) in [6, 6.07) is 0. The van der Waals surface area contributed by atoms with Crippen LogP contribution in [-0.2, 0) is 6.54 Å². The third-order valence-electron chi connectivity index (χ3n) is 3.44. The van der Waals surface area contributed by atoms with Crippen molar-refractivity contribution in [2.75, 3.05) is 0 Å². The Hall–Kier alpha value is -0.900. The van der Waals surface area contributed by atoms with Crippen LogP contribution >= 0.6 is 0 Å². The Morgan fingerprint density at radius 3 is 2.57 bits per heavy atom. The van der Waals surface area contributed by atoms with E-state index in [2.05, 4.69) is 14.8 Å². The standard InChI is InChI=1S/C10H15N3O/c14-8-5-2-6-13-9(7-3-1-4-7)11-12-10(8)13/h7-8,14H,1-6H2. The number of aliphatic hydroxyl groups is 1. The Morgan fingerprint density at radius 2 is 1.86 bits per heavy atom. The van der Waals surface area contributed by atoms with Crippen LogP contribution < -0.4 is 0 Å². The molecular weight excluding hydrogens is 178 g/mol. The molecule has 2 heterocycles. The van der Waals surface area contributed by atoms with Gasteiger partial charge >= 0.3 is 0 Å². The molecule has 0 radical (unpaired) electrons. The topological polar surface area (TPSA) is 50.9 Å². The van der Waals surface area contributed by atoms with Gasteiger partial charge in [-0.05, 0) is 25.7 Å². The minimum atomic E-state index is -0.384. The Bertz CT molecular complexity index is 343. The van der Waals surface area contributed by atoms with Crippen LogP contribution in [0.5, 0.6) is 0 Å². The van der Waals surface area contributed by atoms with E-state index in [0.29, 0.717) is 5.92 Å². The molecule has 0 aromatic carbocycles. The van der Waals surface area contributed by atoms with E-state index in [1.807, 2.05) is 0 Å². The highest BCUT2D eigenvalue weighted by molar-refractivity contribution is 5.08. The molecule has 4 heteroatoms. The predicted molar refractivity (Wildman–Crippen MR) is 50.8 cm³/mol. The fourth-order valence-corrected chi connectivity index (χ4v) is 2.34. The maximum absolute atomic E-state index is 9.72. The zero-order valence-corrected chi connectivity index (χ0v) is 8.19. The van der Waals surface area contributed by atoms with Crippen LogP contribution in [0.3, 0.4) is 0 Å². The van der Waals surface area contributed by atoms with Crippen LogP contribution in [0.2, 0.25) is 0 Å². The van der Waals surface area contributed by atoms with Gasteiger partial charge in [-0.1, -0.05) is 6.42 Å². The quantitative estimate of drug-likeness (QED) is 0.733. The Morgan fingerprint density at radius 1 is 1.07 bits per heavy atom. The lowest BCUT2D eigenvalue weighted by Gasteiger charge is -2.27. The molecule has 0 amide bonds. The van der Waals surface area contributed by atoms with Crippen molar-refractivity contribution in [3.63, 3.8) is 0 Å². The first-order chi connectivity index (χ1) is 6.86. The molecule has 1 saturated carbocycles. The average Bonchev–Trinajstić information content (AvgIpc) is 2.48. The van der Waals surface area contributed by atoms with Crippen molar-refractivity contribution in [2.45, 2.75) is 50.7 Å². The van der Waals surface area contributed by atoms with Gasteiger partial charge in [-0.15, -0.1) is 10.2 Å². The first kappa shape index (κ1) is 8.41. The highest BCUT2D eigenvalue weighted by Gasteiger charge is 2.29. The first-order valence-corrected chi connectivity index (χ1v) is 5.47. The van der Waals surface area contributed by atoms with Gasteiger partial charge in [0.25, 0.3) is 0 Å². The van der Waals surface area contributed by atoms with Crippen LogP contribution in [-0.4, -0.2) is 19.9 Å². The van der Waals surface area contributed by atoms with Crippen molar-refractivity contribution in [3.8, 4) is 0 Å². The Balaban J connectivity index is 1.97. The summed E-state index contributed by atoms with van der Waals surface area (Å²) >= 11 is 0. The van der Waals surface area contributed by atoms with Crippen LogP contribution in [0.1, 0.15) is 55.8 Å². The van der Waals surface area contributed by atoms with Crippen molar-refractivity contribution in [1.29, 1.82) is 0 Å². The van der Waals surface area contributed by atoms with E-state index in [-0.39, 0.29) is 6.10 Å². The molecule has 4 nitrogen and oxygen atoms in total. The molecule has 0 bridgehead atoms. The molecule has 0 saturated heterocycles. The summed E-state index contributed by atoms with van der Waals surface area (Å²) in [7, 11) is 0. The van der Waals surface area contributed by atoms with E-state index in [0.717, 1.165) is 31.0 Å². The second kappa shape index (κ2) is 3.05. The largest absolute Gasteiger partial charge is 0.385 e. The third-order valence-corrected chi connectivity index (χ3v) is 3.44. The molecule has 14 heavy (non-hydrogen) atoms. The number of hydrogen-bond acceptors (Lipinski definition) is 3. The lowest BCUT2D eigenvalue weighted by Crippen LogP contribution is -2.21. The van der Waals surface area contributed by atoms with Crippen LogP contribution in [0.25, 0.3) is 0 Å². The molecule has 0 spiro atoms. The van der Waals surface area contributed by atoms with Gasteiger partial charge in [0, 0.05) is 12.5 Å². The number of fused-ring (bicyclic) bond motifs is 1. The summed E-state index contributed by atoms with van der Waals surface area (Å²) in [4.78, 5) is 0. The molecule has 1 fully saturated rings. The Labute approximate surface area is 83.0 Å². The lowest BCUT2D eigenvalue weighted by atomic mass is 9.84. The molecule has 1 unspecified atom stereocenters. The average molecular weight is 193 g/mol. The van der Waals surface area contributed by atoms with Crippen molar-refractivity contribution in [3.05, 3.63) is 11.6 Å². The molecule has 2 aliphatic rings. The summed E-state index contributed by atoms with van der Waals surface area (Å²) < 4.78 is 2.14. The number of nitrogens with zero attached hydrogens (tertiary/aromatic N) is 3. The molecule has 1 aromatic rings. The van der Waals surface area contributed by atoms with Gasteiger partial charge in [0.15, 0.2) is 5.82 Å². The minimum Gasteiger partial charge on any atom is -0.385 e. The first-order valence-electron chi connectivity index (χ1n) is 5.47. The smallest absolute Gasteiger partial charge is 0.161 e. The van der Waals surface area contributed by atoms with Crippen molar-refractivity contribution < 1.29 is 5.11 Å². The second-order valence-electron chi connectivity index (χ2n) is 4.35. The monoisotopic (exact) mass is 193 g/mol. The van der Waals surface area contributed by atoms with Crippen LogP contribution in [0, 0.1) is 0 Å². The predicted octanol–water partition coefficient (Wildman–Crippen LogP) is 1.37. The number of aliphatic hydroxyl groups excluding tert-OH is 1. The zero-order valence-electron chi connectivity index (χ0n) is 8.19. The van der Waals surface area contributed by atoms with E-state index in [4.69, 9.17) is 0 Å². The fraction of sp³-hybridized carbons (Fsp3) is 0.800. The van der Waals surface area contributed by atoms with Crippen LogP contribution in [0.4, 0.5) is 0 Å². The fourth-order valence-electron chi connectivity index (χ4n) is 2.34. The second-order valence-corrected chi connectivity index (χ2v) is 4.35. The van der Waals surface area contributed by atoms with Gasteiger partial charge in [-0.3, -0.25) is 0 Å². The van der Waals surface area contributed by atoms with Crippen molar-refractivity contribution >= 4 is 0 Å². The third kappa shape index (κ3) is 1.10. The van der Waals surface area contributed by atoms with Crippen LogP contribution in [0.15, 0.2) is 0 Å². The molecule has 1 atom stereocenters. The van der Waals surface area contributed by atoms with E-state index in [9.17, 15) is 5.11 Å². The minimum absolute atomic E-state index is 0.384. The lowest BCUT2D eigenvalue weighted by molar-refractivity contribution is 0.132. The SMILES string of the molecule is OC1CCCn2c1nnc2C1CCC1. The van der Waals surface area contributed by atoms with Gasteiger partial charge in [0.1, 0.15) is 11.9 Å². The van der Waals surface area contributed by atoms with E-state index in [1.165, 1.54) is 19.3 Å². The highest BCUT2D eigenvalue weighted by atomic mass is 16.3. The van der Waals surface area contributed by atoms with Crippen molar-refractivity contribution in [2.24, 2.45) is 0 Å². The normalized spacial score (nSPS) is 27.1. The molecule has 3 rings (SSSR count). The van der Waals surface area contributed by atoms with Gasteiger partial charge in [0.05, 0.1) is 0 Å². The summed E-state index contributed by atoms with van der Waals surface area (Å²) in [5.74, 6) is 2.52. The summed E-state index contributed by atoms with van der Waals surface area (Å²) in [6.07, 6.45) is 5.30. The Kier molecular flexibility index (Phi) is 1.83. The van der Waals surface area contributed by atoms with Gasteiger partial charge < -0.3 is 9.67 Å². The molecule has 1 aliphatic heterocycles. The molecular formula is C10H15N3O. The zero-order chi connectivity index (χ0) is 9.54. The summed E-state index contributed by atoms with van der Waals surface area (Å²) in [5, 5.41) is 18.1. The molecule has 1 N–H and O–H groups in total. The number of rotatable bonds is 1. The van der Waals surface area contributed by atoms with Gasteiger partial charge in [0.2, 0.25) is 0 Å². The maximum Gasteiger partial charge on any atom is 0.161 e. The molecule has 76 valence electrons. The van der Waals surface area contributed by atoms with Gasteiger partial charge in [-0.25, -0.2) is 0 Å². The van der Waals surface area contributed by atoms with Crippen molar-refractivity contribution in [1.82, 2.24) is 14.8 Å². The van der Waals surface area contributed by atoms with E-state index in [1.54, 1.807) is 0 Å².